The molecule has 2 aliphatic rings. The third kappa shape index (κ3) is 5.18. The topological polar surface area (TPSA) is 0 Å². The number of unbranched alkanes of at least 4 members (excludes halogenated alkanes) is 5. The van der Waals surface area contributed by atoms with Gasteiger partial charge in [-0.2, -0.15) is 0 Å². The molecule has 40 heavy (non-hydrogen) atoms. The SMILES string of the molecule is CCCCCCc1ccc(C2(CCCCCc3ccc4c(c3)CC4)c3cc(C)ccc3-c3ccc(C)cc32)cc1. The molecular formula is C40H46. The van der Waals surface area contributed by atoms with Crippen molar-refractivity contribution >= 4 is 0 Å². The van der Waals surface area contributed by atoms with Crippen LogP contribution in [-0.2, 0) is 31.1 Å². The lowest BCUT2D eigenvalue weighted by molar-refractivity contribution is 0.517. The van der Waals surface area contributed by atoms with Crippen molar-refractivity contribution in [3.63, 3.8) is 0 Å². The van der Waals surface area contributed by atoms with Crippen LogP contribution in [0.4, 0.5) is 0 Å². The molecule has 0 unspecified atom stereocenters. The molecule has 0 heterocycles. The van der Waals surface area contributed by atoms with Gasteiger partial charge in [0, 0.05) is 5.41 Å². The average molecular weight is 527 g/mol. The van der Waals surface area contributed by atoms with E-state index in [-0.39, 0.29) is 5.41 Å². The van der Waals surface area contributed by atoms with Crippen LogP contribution in [0.2, 0.25) is 0 Å². The molecule has 0 nitrogen and oxygen atoms in total. The predicted octanol–water partition coefficient (Wildman–Crippen LogP) is 10.6. The largest absolute Gasteiger partial charge is 0.0654 e. The second kappa shape index (κ2) is 11.8. The van der Waals surface area contributed by atoms with E-state index in [0.29, 0.717) is 0 Å². The van der Waals surface area contributed by atoms with E-state index in [9.17, 15) is 0 Å². The molecule has 0 saturated carbocycles. The van der Waals surface area contributed by atoms with Crippen molar-refractivity contribution in [3.05, 3.63) is 129 Å². The first kappa shape index (κ1) is 27.1. The summed E-state index contributed by atoms with van der Waals surface area (Å²) in [5.41, 5.74) is 16.2. The summed E-state index contributed by atoms with van der Waals surface area (Å²) in [5.74, 6) is 0. The number of hydrogen-bond donors (Lipinski definition) is 0. The van der Waals surface area contributed by atoms with Gasteiger partial charge in [-0.25, -0.2) is 0 Å². The smallest absolute Gasteiger partial charge is 0.0463 e. The summed E-state index contributed by atoms with van der Waals surface area (Å²) >= 11 is 0. The first-order valence-corrected chi connectivity index (χ1v) is 16.0. The Morgan fingerprint density at radius 2 is 1.15 bits per heavy atom. The van der Waals surface area contributed by atoms with Crippen molar-refractivity contribution in [1.82, 2.24) is 0 Å². The van der Waals surface area contributed by atoms with Crippen LogP contribution < -0.4 is 0 Å². The van der Waals surface area contributed by atoms with E-state index in [1.165, 1.54) is 127 Å². The Kier molecular flexibility index (Phi) is 7.97. The van der Waals surface area contributed by atoms with Crippen LogP contribution in [-0.4, -0.2) is 0 Å². The van der Waals surface area contributed by atoms with Crippen molar-refractivity contribution in [2.45, 2.75) is 103 Å². The highest BCUT2D eigenvalue weighted by Crippen LogP contribution is 2.55. The van der Waals surface area contributed by atoms with E-state index in [2.05, 4.69) is 99.6 Å². The number of rotatable bonds is 12. The van der Waals surface area contributed by atoms with E-state index in [1.54, 1.807) is 11.1 Å². The Balaban J connectivity index is 1.28. The summed E-state index contributed by atoms with van der Waals surface area (Å²) in [5, 5.41) is 0. The van der Waals surface area contributed by atoms with Crippen molar-refractivity contribution in [2.24, 2.45) is 0 Å². The summed E-state index contributed by atoms with van der Waals surface area (Å²) in [6.07, 6.45) is 15.2. The molecular weight excluding hydrogens is 480 g/mol. The molecule has 0 N–H and O–H groups in total. The zero-order valence-corrected chi connectivity index (χ0v) is 25.0. The molecule has 0 saturated heterocycles. The van der Waals surface area contributed by atoms with Gasteiger partial charge in [0.2, 0.25) is 0 Å². The van der Waals surface area contributed by atoms with Crippen LogP contribution in [0.25, 0.3) is 11.1 Å². The number of fused-ring (bicyclic) bond motifs is 4. The molecule has 0 aliphatic heterocycles. The van der Waals surface area contributed by atoms with E-state index in [4.69, 9.17) is 0 Å². The second-order valence-corrected chi connectivity index (χ2v) is 12.7. The highest BCUT2D eigenvalue weighted by atomic mass is 14.5. The molecule has 4 aromatic carbocycles. The number of benzene rings is 4. The number of hydrogen-bond acceptors (Lipinski definition) is 0. The monoisotopic (exact) mass is 526 g/mol. The minimum absolute atomic E-state index is 0.0703. The summed E-state index contributed by atoms with van der Waals surface area (Å²) in [6.45, 7) is 6.81. The van der Waals surface area contributed by atoms with E-state index in [1.807, 2.05) is 0 Å². The van der Waals surface area contributed by atoms with Gasteiger partial charge in [-0.05, 0) is 109 Å². The third-order valence-corrected chi connectivity index (χ3v) is 9.78. The normalized spacial score (nSPS) is 14.4. The van der Waals surface area contributed by atoms with Gasteiger partial charge in [-0.15, -0.1) is 0 Å². The van der Waals surface area contributed by atoms with Crippen LogP contribution in [0.3, 0.4) is 0 Å². The number of aryl methyl sites for hydroxylation is 6. The summed E-state index contributed by atoms with van der Waals surface area (Å²) in [4.78, 5) is 0. The van der Waals surface area contributed by atoms with Crippen LogP contribution in [0.1, 0.15) is 108 Å². The van der Waals surface area contributed by atoms with Crippen molar-refractivity contribution < 1.29 is 0 Å². The zero-order chi connectivity index (χ0) is 27.5. The Morgan fingerprint density at radius 3 is 1.75 bits per heavy atom. The maximum atomic E-state index is 2.49. The molecule has 4 aromatic rings. The molecule has 0 fully saturated rings. The molecule has 206 valence electrons. The van der Waals surface area contributed by atoms with Crippen molar-refractivity contribution in [2.75, 3.05) is 0 Å². The third-order valence-electron chi connectivity index (χ3n) is 9.78. The lowest BCUT2D eigenvalue weighted by Crippen LogP contribution is -2.27. The van der Waals surface area contributed by atoms with Gasteiger partial charge in [0.1, 0.15) is 0 Å². The molecule has 0 aromatic heterocycles. The summed E-state index contributed by atoms with van der Waals surface area (Å²) in [7, 11) is 0. The Hall–Kier alpha value is -3.12. The maximum Gasteiger partial charge on any atom is 0.0463 e. The van der Waals surface area contributed by atoms with Gasteiger partial charge in [0.05, 0.1) is 0 Å². The molecule has 2 aliphatic carbocycles. The minimum atomic E-state index is -0.0703. The standard InChI is InChI=1S/C40H46/c1-4-5-6-8-11-31-16-21-35(22-17-31)40(25-10-7-9-12-32-15-18-33-19-20-34(33)28-32)38-26-29(2)13-23-36(38)37-24-14-30(3)27-39(37)40/h13-18,21-24,26-28H,4-12,19-20,25H2,1-3H3. The van der Waals surface area contributed by atoms with Gasteiger partial charge >= 0.3 is 0 Å². The van der Waals surface area contributed by atoms with Gasteiger partial charge in [-0.3, -0.25) is 0 Å². The molecule has 6 rings (SSSR count). The van der Waals surface area contributed by atoms with Gasteiger partial charge in [-0.1, -0.05) is 129 Å². The maximum absolute atomic E-state index is 2.49. The highest BCUT2D eigenvalue weighted by Gasteiger charge is 2.44. The Labute approximate surface area is 242 Å². The van der Waals surface area contributed by atoms with Gasteiger partial charge in [0.15, 0.2) is 0 Å². The van der Waals surface area contributed by atoms with E-state index in [0.717, 1.165) is 0 Å². The second-order valence-electron chi connectivity index (χ2n) is 12.7. The molecule has 0 bridgehead atoms. The lowest BCUT2D eigenvalue weighted by atomic mass is 9.68. The minimum Gasteiger partial charge on any atom is -0.0654 e. The molecule has 0 radical (unpaired) electrons. The van der Waals surface area contributed by atoms with Gasteiger partial charge < -0.3 is 0 Å². The Morgan fingerprint density at radius 1 is 0.550 bits per heavy atom. The fourth-order valence-electron chi connectivity index (χ4n) is 7.37. The first-order valence-electron chi connectivity index (χ1n) is 16.0. The van der Waals surface area contributed by atoms with Crippen molar-refractivity contribution in [3.8, 4) is 11.1 Å². The Bertz CT molecular complexity index is 1420. The van der Waals surface area contributed by atoms with Crippen molar-refractivity contribution in [1.29, 1.82) is 0 Å². The highest BCUT2D eigenvalue weighted by molar-refractivity contribution is 5.84. The quantitative estimate of drug-likeness (QED) is 0.161. The van der Waals surface area contributed by atoms with Crippen LogP contribution in [0, 0.1) is 13.8 Å². The fraction of sp³-hybridized carbons (Fsp3) is 0.400. The van der Waals surface area contributed by atoms with Crippen LogP contribution in [0.5, 0.6) is 0 Å². The fourth-order valence-corrected chi connectivity index (χ4v) is 7.37. The summed E-state index contributed by atoms with van der Waals surface area (Å²) < 4.78 is 0. The van der Waals surface area contributed by atoms with Crippen LogP contribution in [0.15, 0.2) is 78.9 Å². The van der Waals surface area contributed by atoms with Gasteiger partial charge in [0.25, 0.3) is 0 Å². The molecule has 0 atom stereocenters. The lowest BCUT2D eigenvalue weighted by Gasteiger charge is -2.34. The average Bonchev–Trinajstić information content (AvgIpc) is 3.21. The van der Waals surface area contributed by atoms with E-state index >= 15 is 0 Å². The molecule has 0 amide bonds. The van der Waals surface area contributed by atoms with E-state index < -0.39 is 0 Å². The zero-order valence-electron chi connectivity index (χ0n) is 25.0. The molecule has 0 heteroatoms. The predicted molar refractivity (Wildman–Crippen MR) is 172 cm³/mol. The van der Waals surface area contributed by atoms with Crippen LogP contribution >= 0.6 is 0 Å². The molecule has 0 spiro atoms. The summed E-state index contributed by atoms with van der Waals surface area (Å²) in [6, 6.07) is 31.4. The first-order chi connectivity index (χ1) is 19.6.